The van der Waals surface area contributed by atoms with Crippen LogP contribution in [0.4, 0.5) is 0 Å². The van der Waals surface area contributed by atoms with E-state index in [1.54, 1.807) is 0 Å². The molecule has 0 saturated carbocycles. The van der Waals surface area contributed by atoms with E-state index in [9.17, 15) is 13.2 Å². The lowest BCUT2D eigenvalue weighted by molar-refractivity contribution is -0.150. The van der Waals surface area contributed by atoms with Gasteiger partial charge in [-0.05, 0) is 6.92 Å². The third-order valence-electron chi connectivity index (χ3n) is 2.03. The molecule has 1 aliphatic heterocycles. The number of nitrogens with zero attached hydrogens (tertiary/aromatic N) is 1. The fourth-order valence-corrected chi connectivity index (χ4v) is 2.31. The van der Waals surface area contributed by atoms with Gasteiger partial charge in [-0.1, -0.05) is 0 Å². The number of nitrogens with two attached hydrogens (primary N) is 1. The number of hydrogen-bond donors (Lipinski definition) is 2. The van der Waals surface area contributed by atoms with Crippen molar-refractivity contribution < 1.29 is 23.1 Å². The highest BCUT2D eigenvalue weighted by Gasteiger charge is 2.40. The molecule has 7 nitrogen and oxygen atoms in total. The van der Waals surface area contributed by atoms with E-state index in [1.165, 1.54) is 6.92 Å². The van der Waals surface area contributed by atoms with Crippen LogP contribution in [0.15, 0.2) is 0 Å². The van der Waals surface area contributed by atoms with Gasteiger partial charge in [0.05, 0.1) is 12.7 Å². The first-order valence-corrected chi connectivity index (χ1v) is 5.48. The quantitative estimate of drug-likeness (QED) is 0.584. The third-order valence-corrected chi connectivity index (χ3v) is 3.09. The lowest BCUT2D eigenvalue weighted by Gasteiger charge is -2.34. The van der Waals surface area contributed by atoms with Crippen molar-refractivity contribution in [1.29, 1.82) is 0 Å². The summed E-state index contributed by atoms with van der Waals surface area (Å²) in [6.45, 7) is 1.62. The molecular weight excluding hydrogens is 212 g/mol. The van der Waals surface area contributed by atoms with Gasteiger partial charge in [-0.15, -0.1) is 0 Å². The highest BCUT2D eigenvalue weighted by molar-refractivity contribution is 7.86. The van der Waals surface area contributed by atoms with Crippen LogP contribution in [0.5, 0.6) is 0 Å². The van der Waals surface area contributed by atoms with Crippen LogP contribution in [-0.2, 0) is 19.7 Å². The van der Waals surface area contributed by atoms with Crippen molar-refractivity contribution in [3.05, 3.63) is 0 Å². The monoisotopic (exact) mass is 224 g/mol. The summed E-state index contributed by atoms with van der Waals surface area (Å²) in [6, 6.07) is -1.24. The zero-order chi connectivity index (χ0) is 10.9. The highest BCUT2D eigenvalue weighted by atomic mass is 32.2. The average molecular weight is 224 g/mol. The van der Waals surface area contributed by atoms with Crippen molar-refractivity contribution in [2.75, 3.05) is 13.2 Å². The van der Waals surface area contributed by atoms with Gasteiger partial charge in [0.25, 0.3) is 10.2 Å². The molecule has 1 aliphatic rings. The number of carbonyl (C=O) groups is 1. The number of carboxylic acids is 1. The smallest absolute Gasteiger partial charge is 0.324 e. The Bertz CT molecular complexity index is 327. The molecule has 0 aromatic carbocycles. The van der Waals surface area contributed by atoms with Crippen molar-refractivity contribution >= 4 is 16.2 Å². The molecule has 0 bridgehead atoms. The molecule has 14 heavy (non-hydrogen) atoms. The van der Waals surface area contributed by atoms with Gasteiger partial charge in [-0.2, -0.15) is 12.7 Å². The predicted molar refractivity (Wildman–Crippen MR) is 46.7 cm³/mol. The topological polar surface area (TPSA) is 110 Å². The first-order chi connectivity index (χ1) is 6.34. The van der Waals surface area contributed by atoms with Gasteiger partial charge >= 0.3 is 5.97 Å². The normalized spacial score (nSPS) is 30.1. The van der Waals surface area contributed by atoms with Gasteiger partial charge < -0.3 is 9.84 Å². The van der Waals surface area contributed by atoms with Crippen LogP contribution in [0, 0.1) is 0 Å². The van der Waals surface area contributed by atoms with Crippen molar-refractivity contribution in [3.8, 4) is 0 Å². The van der Waals surface area contributed by atoms with E-state index in [1.807, 2.05) is 0 Å². The lowest BCUT2D eigenvalue weighted by Crippen LogP contribution is -2.58. The molecule has 0 spiro atoms. The maximum atomic E-state index is 11.0. The largest absolute Gasteiger partial charge is 0.480 e. The van der Waals surface area contributed by atoms with Gasteiger partial charge in [-0.3, -0.25) is 4.79 Å². The average Bonchev–Trinajstić information content (AvgIpc) is 2.01. The predicted octanol–water partition coefficient (Wildman–Crippen LogP) is -1.64. The number of morpholine rings is 1. The summed E-state index contributed by atoms with van der Waals surface area (Å²) in [5.74, 6) is -1.26. The molecule has 3 N–H and O–H groups in total. The van der Waals surface area contributed by atoms with Crippen molar-refractivity contribution in [1.82, 2.24) is 4.31 Å². The van der Waals surface area contributed by atoms with Crippen molar-refractivity contribution in [2.24, 2.45) is 5.14 Å². The Hall–Kier alpha value is -0.700. The maximum absolute atomic E-state index is 11.0. The lowest BCUT2D eigenvalue weighted by atomic mass is 10.1. The molecule has 1 saturated heterocycles. The second-order valence-electron chi connectivity index (χ2n) is 3.01. The first kappa shape index (κ1) is 11.4. The number of carboxylic acid groups (broad SMARTS) is 1. The van der Waals surface area contributed by atoms with Crippen molar-refractivity contribution in [3.63, 3.8) is 0 Å². The van der Waals surface area contributed by atoms with Gasteiger partial charge in [0.15, 0.2) is 0 Å². The molecule has 0 aromatic rings. The third kappa shape index (κ3) is 2.21. The van der Waals surface area contributed by atoms with Crippen LogP contribution in [-0.4, -0.2) is 49.1 Å². The van der Waals surface area contributed by atoms with Crippen LogP contribution in [0.1, 0.15) is 6.92 Å². The Balaban J connectivity index is 2.97. The summed E-state index contributed by atoms with van der Waals surface area (Å²) >= 11 is 0. The van der Waals surface area contributed by atoms with Crippen molar-refractivity contribution in [2.45, 2.75) is 19.1 Å². The molecule has 0 radical (unpaired) electrons. The Kier molecular flexibility index (Phi) is 3.10. The Morgan fingerprint density at radius 3 is 2.57 bits per heavy atom. The maximum Gasteiger partial charge on any atom is 0.324 e. The molecule has 0 aromatic heterocycles. The van der Waals surface area contributed by atoms with E-state index in [0.717, 1.165) is 4.31 Å². The molecule has 1 heterocycles. The van der Waals surface area contributed by atoms with Crippen LogP contribution in [0.3, 0.4) is 0 Å². The van der Waals surface area contributed by atoms with Gasteiger partial charge in [0, 0.05) is 6.54 Å². The standard InChI is InChI=1S/C6H12N2O5S/c1-4-5(6(9)10)8(2-3-13-4)14(7,11)12/h4-5H,2-3H2,1H3,(H,9,10)(H2,7,11,12). The molecule has 82 valence electrons. The summed E-state index contributed by atoms with van der Waals surface area (Å²) in [5, 5.41) is 13.7. The molecule has 2 atom stereocenters. The van der Waals surface area contributed by atoms with Gasteiger partial charge in [0.1, 0.15) is 6.04 Å². The second-order valence-corrected chi connectivity index (χ2v) is 4.51. The molecule has 0 amide bonds. The van der Waals surface area contributed by atoms with E-state index in [4.69, 9.17) is 15.0 Å². The summed E-state index contributed by atoms with van der Waals surface area (Å²) in [7, 11) is -3.98. The van der Waals surface area contributed by atoms with Crippen LogP contribution < -0.4 is 5.14 Å². The van der Waals surface area contributed by atoms with Crippen LogP contribution >= 0.6 is 0 Å². The minimum absolute atomic E-state index is 0.0276. The molecule has 2 unspecified atom stereocenters. The fourth-order valence-electron chi connectivity index (χ4n) is 1.40. The Morgan fingerprint density at radius 1 is 1.64 bits per heavy atom. The minimum Gasteiger partial charge on any atom is -0.480 e. The number of ether oxygens (including phenoxy) is 1. The number of hydrogen-bond acceptors (Lipinski definition) is 4. The fraction of sp³-hybridized carbons (Fsp3) is 0.833. The van der Waals surface area contributed by atoms with Crippen LogP contribution in [0.25, 0.3) is 0 Å². The van der Waals surface area contributed by atoms with E-state index < -0.39 is 28.3 Å². The summed E-state index contributed by atoms with van der Waals surface area (Å²) in [4.78, 5) is 10.8. The summed E-state index contributed by atoms with van der Waals surface area (Å²) in [6.07, 6.45) is -0.695. The molecular formula is C6H12N2O5S. The molecule has 0 aliphatic carbocycles. The van der Waals surface area contributed by atoms with E-state index >= 15 is 0 Å². The minimum atomic E-state index is -3.98. The van der Waals surface area contributed by atoms with E-state index in [0.29, 0.717) is 0 Å². The number of rotatable bonds is 2. The highest BCUT2D eigenvalue weighted by Crippen LogP contribution is 2.16. The first-order valence-electron chi connectivity index (χ1n) is 3.98. The molecule has 8 heteroatoms. The Morgan fingerprint density at radius 2 is 2.21 bits per heavy atom. The SMILES string of the molecule is CC1OCCN(S(N)(=O)=O)C1C(=O)O. The summed E-state index contributed by atoms with van der Waals surface area (Å²) < 4.78 is 27.8. The van der Waals surface area contributed by atoms with Crippen LogP contribution in [0.2, 0.25) is 0 Å². The Labute approximate surface area is 81.6 Å². The van der Waals surface area contributed by atoms with Gasteiger partial charge in [-0.25, -0.2) is 5.14 Å². The number of aliphatic carboxylic acids is 1. The molecule has 1 fully saturated rings. The second kappa shape index (κ2) is 3.81. The summed E-state index contributed by atoms with van der Waals surface area (Å²) in [5.41, 5.74) is 0. The zero-order valence-electron chi connectivity index (χ0n) is 7.58. The van der Waals surface area contributed by atoms with E-state index in [-0.39, 0.29) is 13.2 Å². The van der Waals surface area contributed by atoms with Gasteiger partial charge in [0.2, 0.25) is 0 Å². The zero-order valence-corrected chi connectivity index (χ0v) is 8.40. The van der Waals surface area contributed by atoms with E-state index in [2.05, 4.69) is 0 Å². The molecule has 1 rings (SSSR count).